The summed E-state index contributed by atoms with van der Waals surface area (Å²) in [6.45, 7) is 7.20. The molecule has 150 valence electrons. The molecule has 0 radical (unpaired) electrons. The lowest BCUT2D eigenvalue weighted by Crippen LogP contribution is -2.14. The van der Waals surface area contributed by atoms with Gasteiger partial charge in [-0.25, -0.2) is 14.8 Å². The summed E-state index contributed by atoms with van der Waals surface area (Å²) in [5.41, 5.74) is 6.66. The number of rotatable bonds is 7. The maximum Gasteiger partial charge on any atom is 0.335 e. The number of benzene rings is 2. The van der Waals surface area contributed by atoms with Gasteiger partial charge in [-0.15, -0.1) is 11.3 Å². The Morgan fingerprint density at radius 2 is 1.93 bits per heavy atom. The van der Waals surface area contributed by atoms with E-state index in [0.717, 1.165) is 40.5 Å². The van der Waals surface area contributed by atoms with E-state index >= 15 is 0 Å². The van der Waals surface area contributed by atoms with Crippen LogP contribution in [-0.2, 0) is 6.42 Å². The first kappa shape index (κ1) is 20.7. The number of thiazole rings is 1. The zero-order valence-electron chi connectivity index (χ0n) is 17.1. The Balaban J connectivity index is 1.78. The van der Waals surface area contributed by atoms with Crippen molar-refractivity contribution in [1.82, 2.24) is 9.88 Å². The van der Waals surface area contributed by atoms with Gasteiger partial charge in [0.05, 0.1) is 28.3 Å². The van der Waals surface area contributed by atoms with Crippen molar-refractivity contribution in [2.75, 3.05) is 13.6 Å². The number of nitrogens with zero attached hydrogens (tertiary/aromatic N) is 3. The van der Waals surface area contributed by atoms with Crippen molar-refractivity contribution in [2.24, 2.45) is 4.99 Å². The predicted octanol–water partition coefficient (Wildman–Crippen LogP) is 5.33. The maximum atomic E-state index is 11.0. The summed E-state index contributed by atoms with van der Waals surface area (Å²) >= 11 is 1.62. The molecule has 5 nitrogen and oxygen atoms in total. The second-order valence-corrected chi connectivity index (χ2v) is 8.01. The molecule has 29 heavy (non-hydrogen) atoms. The lowest BCUT2D eigenvalue weighted by atomic mass is 10.0. The molecular formula is C23H25N3O2S. The first-order chi connectivity index (χ1) is 13.9. The average Bonchev–Trinajstić information content (AvgIpc) is 3.17. The summed E-state index contributed by atoms with van der Waals surface area (Å²) in [7, 11) is 2.01. The smallest absolute Gasteiger partial charge is 0.335 e. The van der Waals surface area contributed by atoms with Crippen LogP contribution < -0.4 is 0 Å². The van der Waals surface area contributed by atoms with Crippen molar-refractivity contribution < 1.29 is 9.90 Å². The summed E-state index contributed by atoms with van der Waals surface area (Å²) in [4.78, 5) is 22.4. The number of carboxylic acids is 1. The van der Waals surface area contributed by atoms with Gasteiger partial charge in [-0.1, -0.05) is 18.2 Å². The molecule has 0 aliphatic rings. The number of carbonyl (C=O) groups is 1. The van der Waals surface area contributed by atoms with E-state index in [-0.39, 0.29) is 5.56 Å². The number of carboxylic acid groups (broad SMARTS) is 1. The van der Waals surface area contributed by atoms with Gasteiger partial charge >= 0.3 is 5.97 Å². The minimum atomic E-state index is -0.921. The molecule has 0 bridgehead atoms. The highest BCUT2D eigenvalue weighted by Gasteiger charge is 2.10. The van der Waals surface area contributed by atoms with E-state index in [4.69, 9.17) is 10.1 Å². The highest BCUT2D eigenvalue weighted by atomic mass is 32.1. The number of hydrogen-bond donors (Lipinski definition) is 1. The molecule has 2 aromatic carbocycles. The maximum absolute atomic E-state index is 11.0. The van der Waals surface area contributed by atoms with E-state index in [1.807, 2.05) is 23.7 Å². The van der Waals surface area contributed by atoms with Crippen molar-refractivity contribution >= 4 is 29.3 Å². The predicted molar refractivity (Wildman–Crippen MR) is 120 cm³/mol. The van der Waals surface area contributed by atoms with Gasteiger partial charge in [0.2, 0.25) is 0 Å². The SMILES string of the molecule is CCN(C)C=Nc1cc(C)c(Cc2nc(-c3ccc(C(=O)O)cc3)cs2)cc1C. The number of hydrogen-bond acceptors (Lipinski definition) is 4. The summed E-state index contributed by atoms with van der Waals surface area (Å²) in [6.07, 6.45) is 2.63. The molecule has 3 aromatic rings. The van der Waals surface area contributed by atoms with Crippen molar-refractivity contribution in [3.05, 3.63) is 69.0 Å². The van der Waals surface area contributed by atoms with E-state index in [9.17, 15) is 4.79 Å². The Bertz CT molecular complexity index is 1040. The largest absolute Gasteiger partial charge is 0.478 e. The molecule has 1 aromatic heterocycles. The second-order valence-electron chi connectivity index (χ2n) is 7.07. The lowest BCUT2D eigenvalue weighted by Gasteiger charge is -2.11. The molecule has 0 atom stereocenters. The number of aliphatic imine (C=N–C) groups is 1. The molecule has 0 amide bonds. The third-order valence-electron chi connectivity index (χ3n) is 4.87. The Labute approximate surface area is 175 Å². The van der Waals surface area contributed by atoms with Crippen LogP contribution in [-0.4, -0.2) is 40.9 Å². The van der Waals surface area contributed by atoms with Gasteiger partial charge in [0.1, 0.15) is 0 Å². The normalized spacial score (nSPS) is 11.2. The molecule has 0 saturated heterocycles. The molecule has 0 saturated carbocycles. The molecule has 1 heterocycles. The number of aromatic carboxylic acids is 1. The Morgan fingerprint density at radius 1 is 1.21 bits per heavy atom. The van der Waals surface area contributed by atoms with E-state index in [2.05, 4.69) is 37.9 Å². The Hall–Kier alpha value is -2.99. The molecule has 0 spiro atoms. The van der Waals surface area contributed by atoms with E-state index in [0.29, 0.717) is 0 Å². The zero-order chi connectivity index (χ0) is 21.0. The summed E-state index contributed by atoms with van der Waals surface area (Å²) in [5, 5.41) is 12.1. The van der Waals surface area contributed by atoms with Gasteiger partial charge in [-0.3, -0.25) is 0 Å². The third kappa shape index (κ3) is 5.09. The zero-order valence-corrected chi connectivity index (χ0v) is 18.0. The fourth-order valence-electron chi connectivity index (χ4n) is 2.90. The van der Waals surface area contributed by atoms with E-state index < -0.39 is 5.97 Å². The highest BCUT2D eigenvalue weighted by Crippen LogP contribution is 2.28. The summed E-state index contributed by atoms with van der Waals surface area (Å²) in [5.74, 6) is -0.921. The Morgan fingerprint density at radius 3 is 2.59 bits per heavy atom. The van der Waals surface area contributed by atoms with Crippen molar-refractivity contribution in [2.45, 2.75) is 27.2 Å². The van der Waals surface area contributed by atoms with Crippen LogP contribution in [0.4, 0.5) is 5.69 Å². The van der Waals surface area contributed by atoms with Gasteiger partial charge in [-0.2, -0.15) is 0 Å². The fourth-order valence-corrected chi connectivity index (χ4v) is 3.73. The minimum Gasteiger partial charge on any atom is -0.478 e. The first-order valence-electron chi connectivity index (χ1n) is 9.50. The van der Waals surface area contributed by atoms with Gasteiger partial charge < -0.3 is 10.0 Å². The Kier molecular flexibility index (Phi) is 6.44. The van der Waals surface area contributed by atoms with Crippen LogP contribution in [0.1, 0.15) is 39.0 Å². The molecule has 0 aliphatic carbocycles. The van der Waals surface area contributed by atoms with Gasteiger partial charge in [-0.05, 0) is 55.7 Å². The molecule has 0 unspecified atom stereocenters. The molecule has 6 heteroatoms. The summed E-state index contributed by atoms with van der Waals surface area (Å²) in [6, 6.07) is 11.1. The topological polar surface area (TPSA) is 65.8 Å². The van der Waals surface area contributed by atoms with Crippen LogP contribution >= 0.6 is 11.3 Å². The summed E-state index contributed by atoms with van der Waals surface area (Å²) < 4.78 is 0. The van der Waals surface area contributed by atoms with Crippen LogP contribution in [0, 0.1) is 13.8 Å². The number of aromatic nitrogens is 1. The lowest BCUT2D eigenvalue weighted by molar-refractivity contribution is 0.0697. The standard InChI is InChI=1S/C23H25N3O2S/c1-5-26(4)14-24-20-11-15(2)19(10-16(20)3)12-22-25-21(13-29-22)17-6-8-18(9-7-17)23(27)28/h6-11,13-14H,5,12H2,1-4H3,(H,27,28). The second kappa shape index (κ2) is 9.01. The molecular weight excluding hydrogens is 382 g/mol. The van der Waals surface area contributed by atoms with E-state index in [1.165, 1.54) is 11.1 Å². The van der Waals surface area contributed by atoms with Crippen LogP contribution in [0.5, 0.6) is 0 Å². The third-order valence-corrected chi connectivity index (χ3v) is 5.72. The number of aryl methyl sites for hydroxylation is 2. The van der Waals surface area contributed by atoms with Crippen molar-refractivity contribution in [3.8, 4) is 11.3 Å². The van der Waals surface area contributed by atoms with Crippen molar-refractivity contribution in [3.63, 3.8) is 0 Å². The van der Waals surface area contributed by atoms with Gasteiger partial charge in [0.25, 0.3) is 0 Å². The van der Waals surface area contributed by atoms with Gasteiger partial charge in [0, 0.05) is 31.0 Å². The first-order valence-corrected chi connectivity index (χ1v) is 10.4. The monoisotopic (exact) mass is 407 g/mol. The van der Waals surface area contributed by atoms with Crippen LogP contribution in [0.2, 0.25) is 0 Å². The molecule has 3 rings (SSSR count). The van der Waals surface area contributed by atoms with Crippen LogP contribution in [0.25, 0.3) is 11.3 Å². The molecule has 0 fully saturated rings. The van der Waals surface area contributed by atoms with Crippen molar-refractivity contribution in [1.29, 1.82) is 0 Å². The van der Waals surface area contributed by atoms with Crippen LogP contribution in [0.15, 0.2) is 46.8 Å². The molecule has 0 aliphatic heterocycles. The van der Waals surface area contributed by atoms with Crippen LogP contribution in [0.3, 0.4) is 0 Å². The quantitative estimate of drug-likeness (QED) is 0.425. The average molecular weight is 408 g/mol. The van der Waals surface area contributed by atoms with Gasteiger partial charge in [0.15, 0.2) is 0 Å². The molecule has 1 N–H and O–H groups in total. The van der Waals surface area contributed by atoms with E-state index in [1.54, 1.807) is 35.6 Å². The fraction of sp³-hybridized carbons (Fsp3) is 0.261. The highest BCUT2D eigenvalue weighted by molar-refractivity contribution is 7.10. The minimum absolute atomic E-state index is 0.281.